The lowest BCUT2D eigenvalue weighted by Gasteiger charge is -2.28. The third kappa shape index (κ3) is 2.87. The smallest absolute Gasteiger partial charge is 0.328 e. The summed E-state index contributed by atoms with van der Waals surface area (Å²) in [5, 5.41) is 11.3. The SMILES string of the molecule is C[C@@H](NC(=O)/C=C/C(=O)O)[C@@H]1C[C@@H]2CC[C@@H]1C2. The van der Waals surface area contributed by atoms with Gasteiger partial charge in [-0.15, -0.1) is 0 Å². The Balaban J connectivity index is 1.83. The molecule has 0 unspecified atom stereocenters. The summed E-state index contributed by atoms with van der Waals surface area (Å²) in [7, 11) is 0. The molecule has 2 rings (SSSR count). The van der Waals surface area contributed by atoms with Crippen LogP contribution < -0.4 is 5.32 Å². The first kappa shape index (κ1) is 12.1. The lowest BCUT2D eigenvalue weighted by Crippen LogP contribution is -2.39. The summed E-state index contributed by atoms with van der Waals surface area (Å²) >= 11 is 0. The van der Waals surface area contributed by atoms with Crippen LogP contribution in [0.5, 0.6) is 0 Å². The maximum absolute atomic E-state index is 11.5. The van der Waals surface area contributed by atoms with Gasteiger partial charge in [-0.3, -0.25) is 4.79 Å². The molecule has 2 aliphatic rings. The molecule has 4 heteroatoms. The van der Waals surface area contributed by atoms with E-state index in [0.29, 0.717) is 5.92 Å². The molecule has 2 fully saturated rings. The van der Waals surface area contributed by atoms with Crippen LogP contribution in [0.1, 0.15) is 32.6 Å². The number of carbonyl (C=O) groups excluding carboxylic acids is 1. The summed E-state index contributed by atoms with van der Waals surface area (Å²) in [6.45, 7) is 2.03. The van der Waals surface area contributed by atoms with E-state index in [2.05, 4.69) is 5.32 Å². The molecule has 0 aromatic heterocycles. The summed E-state index contributed by atoms with van der Waals surface area (Å²) in [4.78, 5) is 21.7. The average Bonchev–Trinajstić information content (AvgIpc) is 2.87. The number of nitrogens with one attached hydrogen (secondary N) is 1. The first-order valence-corrected chi connectivity index (χ1v) is 6.27. The van der Waals surface area contributed by atoms with Crippen LogP contribution in [0.25, 0.3) is 0 Å². The number of amides is 1. The third-order valence-corrected chi connectivity index (χ3v) is 4.18. The van der Waals surface area contributed by atoms with Crippen LogP contribution in [0.4, 0.5) is 0 Å². The van der Waals surface area contributed by atoms with E-state index in [1.807, 2.05) is 6.92 Å². The van der Waals surface area contributed by atoms with Crippen LogP contribution in [-0.4, -0.2) is 23.0 Å². The summed E-state index contributed by atoms with van der Waals surface area (Å²) in [5.41, 5.74) is 0. The van der Waals surface area contributed by atoms with Gasteiger partial charge in [0, 0.05) is 18.2 Å². The lowest BCUT2D eigenvalue weighted by molar-refractivity contribution is -0.131. The maximum atomic E-state index is 11.5. The van der Waals surface area contributed by atoms with Crippen LogP contribution in [0, 0.1) is 17.8 Å². The molecule has 0 heterocycles. The van der Waals surface area contributed by atoms with E-state index in [9.17, 15) is 9.59 Å². The van der Waals surface area contributed by atoms with Gasteiger partial charge in [-0.25, -0.2) is 4.79 Å². The zero-order valence-electron chi connectivity index (χ0n) is 10.1. The van der Waals surface area contributed by atoms with Gasteiger partial charge in [-0.1, -0.05) is 6.42 Å². The molecule has 2 bridgehead atoms. The molecule has 0 saturated heterocycles. The topological polar surface area (TPSA) is 66.4 Å². The number of fused-ring (bicyclic) bond motifs is 2. The average molecular weight is 237 g/mol. The van der Waals surface area contributed by atoms with Gasteiger partial charge in [-0.05, 0) is 43.9 Å². The molecular formula is C13H19NO3. The van der Waals surface area contributed by atoms with Crippen LogP contribution in [-0.2, 0) is 9.59 Å². The van der Waals surface area contributed by atoms with E-state index in [-0.39, 0.29) is 11.9 Å². The van der Waals surface area contributed by atoms with E-state index >= 15 is 0 Å². The standard InChI is InChI=1S/C13H19NO3/c1-8(14-12(15)4-5-13(16)17)11-7-9-2-3-10(11)6-9/h4-5,8-11H,2-3,6-7H2,1H3,(H,14,15)(H,16,17)/b5-4+/t8-,9-,10-,11+/m1/s1. The second-order valence-electron chi connectivity index (χ2n) is 5.31. The molecule has 4 nitrogen and oxygen atoms in total. The molecule has 0 spiro atoms. The van der Waals surface area contributed by atoms with Gasteiger partial charge in [0.05, 0.1) is 0 Å². The number of aliphatic carboxylic acids is 1. The van der Waals surface area contributed by atoms with Crippen LogP contribution in [0.15, 0.2) is 12.2 Å². The Morgan fingerprint density at radius 2 is 2.06 bits per heavy atom. The van der Waals surface area contributed by atoms with Crippen LogP contribution in [0.2, 0.25) is 0 Å². The van der Waals surface area contributed by atoms with Crippen molar-refractivity contribution < 1.29 is 14.7 Å². The molecule has 94 valence electrons. The van der Waals surface area contributed by atoms with E-state index in [0.717, 1.165) is 24.0 Å². The van der Waals surface area contributed by atoms with Gasteiger partial charge in [0.15, 0.2) is 0 Å². The molecule has 17 heavy (non-hydrogen) atoms. The Hall–Kier alpha value is -1.32. The number of rotatable bonds is 4. The van der Waals surface area contributed by atoms with Crippen molar-refractivity contribution in [2.24, 2.45) is 17.8 Å². The van der Waals surface area contributed by atoms with Crippen LogP contribution in [0.3, 0.4) is 0 Å². The fourth-order valence-electron chi connectivity index (χ4n) is 3.43. The van der Waals surface area contributed by atoms with E-state index < -0.39 is 5.97 Å². The minimum atomic E-state index is -1.09. The van der Waals surface area contributed by atoms with E-state index in [1.54, 1.807) is 0 Å². The molecule has 2 aliphatic carbocycles. The van der Waals surface area contributed by atoms with Gasteiger partial charge in [0.1, 0.15) is 0 Å². The molecule has 4 atom stereocenters. The molecular weight excluding hydrogens is 218 g/mol. The highest BCUT2D eigenvalue weighted by Gasteiger charge is 2.41. The van der Waals surface area contributed by atoms with E-state index in [4.69, 9.17) is 5.11 Å². The number of carboxylic acid groups (broad SMARTS) is 1. The second-order valence-corrected chi connectivity index (χ2v) is 5.31. The van der Waals surface area contributed by atoms with Gasteiger partial charge in [0.25, 0.3) is 0 Å². The predicted molar refractivity (Wildman–Crippen MR) is 63.3 cm³/mol. The van der Waals surface area contributed by atoms with Crippen LogP contribution >= 0.6 is 0 Å². The normalized spacial score (nSPS) is 32.9. The summed E-state index contributed by atoms with van der Waals surface area (Å²) in [6, 6.07) is 0.149. The quantitative estimate of drug-likeness (QED) is 0.729. The zero-order valence-corrected chi connectivity index (χ0v) is 10.1. The van der Waals surface area contributed by atoms with Gasteiger partial charge in [0.2, 0.25) is 5.91 Å². The van der Waals surface area contributed by atoms with Crippen molar-refractivity contribution in [3.63, 3.8) is 0 Å². The molecule has 0 aromatic carbocycles. The summed E-state index contributed by atoms with van der Waals surface area (Å²) in [5.74, 6) is 0.809. The van der Waals surface area contributed by atoms with E-state index in [1.165, 1.54) is 25.7 Å². The van der Waals surface area contributed by atoms with Gasteiger partial charge in [-0.2, -0.15) is 0 Å². The van der Waals surface area contributed by atoms with Gasteiger partial charge < -0.3 is 10.4 Å². The number of hydrogen-bond donors (Lipinski definition) is 2. The Morgan fingerprint density at radius 1 is 1.29 bits per heavy atom. The maximum Gasteiger partial charge on any atom is 0.328 e. The molecule has 2 saturated carbocycles. The molecule has 0 aromatic rings. The van der Waals surface area contributed by atoms with Gasteiger partial charge >= 0.3 is 5.97 Å². The van der Waals surface area contributed by atoms with Crippen molar-refractivity contribution in [2.45, 2.75) is 38.6 Å². The Labute approximate surface area is 101 Å². The predicted octanol–water partition coefficient (Wildman–Crippen LogP) is 1.57. The van der Waals surface area contributed by atoms with Crippen molar-refractivity contribution >= 4 is 11.9 Å². The first-order chi connectivity index (χ1) is 8.06. The fourth-order valence-corrected chi connectivity index (χ4v) is 3.43. The molecule has 1 amide bonds. The van der Waals surface area contributed by atoms with Crippen molar-refractivity contribution in [1.82, 2.24) is 5.32 Å². The highest BCUT2D eigenvalue weighted by Crippen LogP contribution is 2.49. The summed E-state index contributed by atoms with van der Waals surface area (Å²) < 4.78 is 0. The lowest BCUT2D eigenvalue weighted by atomic mass is 9.84. The molecule has 0 radical (unpaired) electrons. The highest BCUT2D eigenvalue weighted by molar-refractivity contribution is 5.93. The minimum Gasteiger partial charge on any atom is -0.478 e. The minimum absolute atomic E-state index is 0.149. The van der Waals surface area contributed by atoms with Crippen molar-refractivity contribution in [3.8, 4) is 0 Å². The highest BCUT2D eigenvalue weighted by atomic mass is 16.4. The fraction of sp³-hybridized carbons (Fsp3) is 0.692. The zero-order chi connectivity index (χ0) is 12.4. The number of carbonyl (C=O) groups is 2. The van der Waals surface area contributed by atoms with Crippen molar-refractivity contribution in [3.05, 3.63) is 12.2 Å². The largest absolute Gasteiger partial charge is 0.478 e. The third-order valence-electron chi connectivity index (χ3n) is 4.18. The number of carboxylic acids is 1. The Kier molecular flexibility index (Phi) is 3.50. The molecule has 0 aliphatic heterocycles. The first-order valence-electron chi connectivity index (χ1n) is 6.27. The monoisotopic (exact) mass is 237 g/mol. The summed E-state index contributed by atoms with van der Waals surface area (Å²) in [6.07, 6.45) is 7.14. The second kappa shape index (κ2) is 4.90. The van der Waals surface area contributed by atoms with Crippen molar-refractivity contribution in [2.75, 3.05) is 0 Å². The Morgan fingerprint density at radius 3 is 2.59 bits per heavy atom. The Bertz CT molecular complexity index is 351. The molecule has 2 N–H and O–H groups in total. The number of hydrogen-bond acceptors (Lipinski definition) is 2. The van der Waals surface area contributed by atoms with Crippen molar-refractivity contribution in [1.29, 1.82) is 0 Å².